The van der Waals surface area contributed by atoms with Crippen LogP contribution >= 0.6 is 22.7 Å². The Labute approximate surface area is 368 Å². The number of hydrogen-bond donors (Lipinski definition) is 2. The first-order valence-electron chi connectivity index (χ1n) is 19.4. The number of primary sulfonamides is 2. The van der Waals surface area contributed by atoms with Gasteiger partial charge in [-0.25, -0.2) is 27.1 Å². The van der Waals surface area contributed by atoms with Gasteiger partial charge in [-0.2, -0.15) is 0 Å². The van der Waals surface area contributed by atoms with Crippen LogP contribution in [-0.4, -0.2) is 69.2 Å². The second-order valence-electron chi connectivity index (χ2n) is 13.8. The number of amides is 2. The first-order chi connectivity index (χ1) is 29.7. The van der Waals surface area contributed by atoms with Gasteiger partial charge in [0.05, 0.1) is 16.9 Å². The van der Waals surface area contributed by atoms with Crippen molar-refractivity contribution in [2.45, 2.75) is 49.3 Å². The van der Waals surface area contributed by atoms with E-state index < -0.39 is 20.0 Å². The summed E-state index contributed by atoms with van der Waals surface area (Å²) >= 11 is 2.55. The van der Waals surface area contributed by atoms with Crippen LogP contribution in [0.2, 0.25) is 0 Å². The molecule has 7 rings (SSSR count). The molecule has 0 bridgehead atoms. The first-order valence-corrected chi connectivity index (χ1v) is 24.1. The van der Waals surface area contributed by atoms with E-state index in [0.29, 0.717) is 61.4 Å². The number of aromatic nitrogens is 4. The smallest absolute Gasteiger partial charge is 0.260 e. The van der Waals surface area contributed by atoms with E-state index in [1.165, 1.54) is 46.9 Å². The van der Waals surface area contributed by atoms with Crippen molar-refractivity contribution < 1.29 is 31.2 Å². The highest BCUT2D eigenvalue weighted by atomic mass is 32.2. The minimum Gasteiger partial charge on any atom is -0.497 e. The summed E-state index contributed by atoms with van der Waals surface area (Å²) in [7, 11) is -5.97. The fraction of sp³-hybridized carbons (Fsp3) is 0.209. The molecule has 19 heteroatoms. The molecule has 0 aliphatic carbocycles. The van der Waals surface area contributed by atoms with E-state index >= 15 is 0 Å². The Hall–Kier alpha value is -5.96. The van der Waals surface area contributed by atoms with E-state index in [1.807, 2.05) is 49.4 Å². The maximum atomic E-state index is 13.4. The Bertz CT molecular complexity index is 2890. The second kappa shape index (κ2) is 20.3. The Morgan fingerprint density at radius 1 is 0.581 bits per heavy atom. The number of carbonyl (C=O) groups excluding carboxylic acids is 2. The van der Waals surface area contributed by atoms with Crippen molar-refractivity contribution in [2.75, 3.05) is 30.0 Å². The van der Waals surface area contributed by atoms with Gasteiger partial charge in [0.2, 0.25) is 30.3 Å². The van der Waals surface area contributed by atoms with Crippen LogP contribution in [0.5, 0.6) is 5.75 Å². The molecule has 322 valence electrons. The zero-order valence-electron chi connectivity index (χ0n) is 34.0. The third-order valence-electron chi connectivity index (χ3n) is 9.42. The summed E-state index contributed by atoms with van der Waals surface area (Å²) in [5.41, 5.74) is 2.49. The molecule has 0 saturated heterocycles. The minimum atomic E-state index is -3.76. The molecule has 7 aromatic rings. The highest BCUT2D eigenvalue weighted by molar-refractivity contribution is 7.89. The number of methoxy groups -OCH3 is 1. The minimum absolute atomic E-state index is 0.0220. The number of anilines is 2. The lowest BCUT2D eigenvalue weighted by Gasteiger charge is -2.19. The zero-order valence-corrected chi connectivity index (χ0v) is 37.3. The third kappa shape index (κ3) is 11.3. The summed E-state index contributed by atoms with van der Waals surface area (Å²) in [6, 6.07) is 32.7. The van der Waals surface area contributed by atoms with Crippen LogP contribution in [0.4, 0.5) is 10.3 Å². The van der Waals surface area contributed by atoms with Gasteiger partial charge >= 0.3 is 0 Å². The summed E-state index contributed by atoms with van der Waals surface area (Å²) in [6.07, 6.45) is 3.50. The fourth-order valence-corrected chi connectivity index (χ4v) is 8.83. The van der Waals surface area contributed by atoms with Gasteiger partial charge in [-0.15, -0.1) is 20.4 Å². The van der Waals surface area contributed by atoms with Crippen LogP contribution in [0.1, 0.15) is 60.2 Å². The number of hydrogen-bond acceptors (Lipinski definition) is 13. The monoisotopic (exact) mass is 912 g/mol. The molecule has 0 saturated carbocycles. The molecule has 0 spiro atoms. The molecule has 4 N–H and O–H groups in total. The number of carbonyl (C=O) groups is 2. The van der Waals surface area contributed by atoms with Gasteiger partial charge in [0, 0.05) is 35.3 Å². The third-order valence-corrected chi connectivity index (χ3v) is 13.3. The number of ether oxygens (including phenoxy) is 1. The number of unbranched alkanes of at least 4 members (excludes halogenated alkanes) is 2. The molecule has 0 aliphatic rings. The van der Waals surface area contributed by atoms with Gasteiger partial charge in [0.25, 0.3) is 11.8 Å². The molecule has 2 aromatic heterocycles. The number of fused-ring (bicyclic) bond motifs is 1. The molecule has 2 amide bonds. The van der Waals surface area contributed by atoms with E-state index in [4.69, 9.17) is 15.0 Å². The van der Waals surface area contributed by atoms with Crippen molar-refractivity contribution in [3.8, 4) is 26.9 Å². The van der Waals surface area contributed by atoms with Crippen molar-refractivity contribution in [3.05, 3.63) is 126 Å². The number of benzene rings is 5. The number of sulfonamides is 2. The Kier molecular flexibility index (Phi) is 14.9. The summed E-state index contributed by atoms with van der Waals surface area (Å²) in [5.74, 6) is 0.287. The predicted molar refractivity (Wildman–Crippen MR) is 244 cm³/mol. The maximum absolute atomic E-state index is 13.4. The first kappa shape index (κ1) is 45.6. The van der Waals surface area contributed by atoms with Gasteiger partial charge < -0.3 is 4.74 Å². The van der Waals surface area contributed by atoms with E-state index in [0.717, 1.165) is 36.5 Å². The van der Waals surface area contributed by atoms with Crippen molar-refractivity contribution in [3.63, 3.8) is 0 Å². The molecule has 62 heavy (non-hydrogen) atoms. The molecule has 0 atom stereocenters. The van der Waals surface area contributed by atoms with Crippen molar-refractivity contribution >= 4 is 75.6 Å². The van der Waals surface area contributed by atoms with Crippen LogP contribution in [-0.2, 0) is 20.0 Å². The lowest BCUT2D eigenvalue weighted by molar-refractivity contribution is 0.0978. The lowest BCUT2D eigenvalue weighted by atomic mass is 10.1. The molecule has 0 radical (unpaired) electrons. The van der Waals surface area contributed by atoms with Crippen molar-refractivity contribution in [1.29, 1.82) is 0 Å². The van der Waals surface area contributed by atoms with Crippen LogP contribution in [0.25, 0.3) is 31.9 Å². The largest absolute Gasteiger partial charge is 0.497 e. The quantitative estimate of drug-likeness (QED) is 0.101. The van der Waals surface area contributed by atoms with Gasteiger partial charge in [-0.1, -0.05) is 110 Å². The van der Waals surface area contributed by atoms with Gasteiger partial charge in [-0.3, -0.25) is 19.4 Å². The van der Waals surface area contributed by atoms with Crippen LogP contribution in [0.15, 0.2) is 125 Å². The average molecular weight is 913 g/mol. The summed E-state index contributed by atoms with van der Waals surface area (Å²) in [6.45, 7) is 5.15. The second-order valence-corrected chi connectivity index (χ2v) is 18.9. The lowest BCUT2D eigenvalue weighted by Crippen LogP contribution is -2.31. The van der Waals surface area contributed by atoms with Gasteiger partial charge in [-0.05, 0) is 78.2 Å². The maximum Gasteiger partial charge on any atom is 0.260 e. The fourth-order valence-electron chi connectivity index (χ4n) is 6.05. The van der Waals surface area contributed by atoms with Crippen molar-refractivity contribution in [1.82, 2.24) is 20.4 Å². The molecular weight excluding hydrogens is 869 g/mol. The Morgan fingerprint density at radius 2 is 1.05 bits per heavy atom. The molecule has 2 heterocycles. The molecule has 0 aliphatic heterocycles. The standard InChI is InChI=1S/C23H22N4O3S2.C20H22N4O4S2/c1-2-3-14-27(22(28)19-9-8-16-6-4-5-7-18(16)15-19)23-26-25-21(31-23)17-10-12-20(13-11-17)32(24,29)30;1-3-4-12-24(19(25)15-6-5-7-16(13-15)28-2)20-23-22-18(29-20)14-8-10-17(11-9-14)30(21,26)27/h4-13,15H,2-3,14H2,1H3,(H2,24,29,30);5-11,13H,3-4,12H2,1-2H3,(H2,21,26,27). The van der Waals surface area contributed by atoms with E-state index in [2.05, 4.69) is 27.3 Å². The summed E-state index contributed by atoms with van der Waals surface area (Å²) in [4.78, 5) is 29.8. The van der Waals surface area contributed by atoms with Crippen LogP contribution in [0, 0.1) is 0 Å². The van der Waals surface area contributed by atoms with Gasteiger partial charge in [0.15, 0.2) is 0 Å². The average Bonchev–Trinajstić information content (AvgIpc) is 3.98. The van der Waals surface area contributed by atoms with E-state index in [1.54, 1.807) is 65.4 Å². The van der Waals surface area contributed by atoms with E-state index in [9.17, 15) is 26.4 Å². The summed E-state index contributed by atoms with van der Waals surface area (Å²) < 4.78 is 51.0. The summed E-state index contributed by atoms with van der Waals surface area (Å²) in [5, 5.41) is 31.4. The van der Waals surface area contributed by atoms with Crippen LogP contribution < -0.4 is 24.8 Å². The van der Waals surface area contributed by atoms with Crippen molar-refractivity contribution in [2.24, 2.45) is 10.3 Å². The normalized spacial score (nSPS) is 11.4. The van der Waals surface area contributed by atoms with E-state index in [-0.39, 0.29) is 21.6 Å². The predicted octanol–water partition coefficient (Wildman–Crippen LogP) is 7.76. The number of nitrogens with two attached hydrogens (primary N) is 2. The molecule has 15 nitrogen and oxygen atoms in total. The topological polar surface area (TPSA) is 222 Å². The number of rotatable bonds is 15. The SMILES string of the molecule is CCCCN(C(=O)c1ccc2ccccc2c1)c1nnc(-c2ccc(S(N)(=O)=O)cc2)s1.CCCCN(C(=O)c1cccc(OC)c1)c1nnc(-c2ccc(S(N)(=O)=O)cc2)s1. The Balaban J connectivity index is 0.000000207. The molecule has 0 fully saturated rings. The van der Waals surface area contributed by atoms with Gasteiger partial charge in [0.1, 0.15) is 15.8 Å². The highest BCUT2D eigenvalue weighted by Crippen LogP contribution is 2.32. The Morgan fingerprint density at radius 3 is 1.50 bits per heavy atom. The molecular formula is C43H44N8O7S4. The molecule has 0 unspecified atom stereocenters. The number of nitrogens with zero attached hydrogens (tertiary/aromatic N) is 6. The zero-order chi connectivity index (χ0) is 44.4. The highest BCUT2D eigenvalue weighted by Gasteiger charge is 2.24. The molecule has 5 aromatic carbocycles. The van der Waals surface area contributed by atoms with Crippen LogP contribution in [0.3, 0.4) is 0 Å².